The van der Waals surface area contributed by atoms with Crippen molar-refractivity contribution in [3.05, 3.63) is 59.8 Å². The van der Waals surface area contributed by atoms with Crippen molar-refractivity contribution in [2.24, 2.45) is 4.99 Å². The molecule has 2 aromatic carbocycles. The fourth-order valence-electron chi connectivity index (χ4n) is 2.55. The number of benzene rings is 2. The number of hydrogen-bond acceptors (Lipinski definition) is 5. The van der Waals surface area contributed by atoms with Gasteiger partial charge in [0.15, 0.2) is 5.69 Å². The van der Waals surface area contributed by atoms with Gasteiger partial charge in [0, 0.05) is 5.56 Å². The molecule has 0 unspecified atom stereocenters. The van der Waals surface area contributed by atoms with Crippen molar-refractivity contribution < 1.29 is 14.3 Å². The van der Waals surface area contributed by atoms with Gasteiger partial charge in [0.2, 0.25) is 5.89 Å². The average molecular weight is 350 g/mol. The molecule has 0 aliphatic heterocycles. The Bertz CT molecular complexity index is 883. The van der Waals surface area contributed by atoms with Crippen molar-refractivity contribution in [3.63, 3.8) is 0 Å². The Labute approximate surface area is 153 Å². The van der Waals surface area contributed by atoms with Crippen molar-refractivity contribution in [2.75, 3.05) is 7.11 Å². The summed E-state index contributed by atoms with van der Waals surface area (Å²) in [6, 6.07) is 15.4. The lowest BCUT2D eigenvalue weighted by molar-refractivity contribution is 0.336. The van der Waals surface area contributed by atoms with E-state index in [9.17, 15) is 5.11 Å². The number of nitrogens with zero attached hydrogens (tertiary/aromatic N) is 2. The molecule has 0 atom stereocenters. The van der Waals surface area contributed by atoms with Crippen LogP contribution in [0.4, 0.5) is 5.69 Å². The van der Waals surface area contributed by atoms with E-state index in [0.717, 1.165) is 17.7 Å². The van der Waals surface area contributed by atoms with Gasteiger partial charge in [0.25, 0.3) is 0 Å². The highest BCUT2D eigenvalue weighted by Crippen LogP contribution is 2.28. The van der Waals surface area contributed by atoms with E-state index >= 15 is 0 Å². The Morgan fingerprint density at radius 3 is 2.73 bits per heavy atom. The summed E-state index contributed by atoms with van der Waals surface area (Å²) in [6.45, 7) is 2.18. The highest BCUT2D eigenvalue weighted by molar-refractivity contribution is 5.83. The van der Waals surface area contributed by atoms with Gasteiger partial charge in [0.1, 0.15) is 5.75 Å². The molecule has 1 aromatic heterocycles. The third-order valence-electron chi connectivity index (χ3n) is 4.04. The lowest BCUT2D eigenvalue weighted by atomic mass is 10.1. The molecule has 0 fully saturated rings. The summed E-state index contributed by atoms with van der Waals surface area (Å²) in [6.07, 6.45) is 4.95. The molecular formula is C21H22N2O3. The zero-order chi connectivity index (χ0) is 18.4. The summed E-state index contributed by atoms with van der Waals surface area (Å²) in [4.78, 5) is 8.67. The van der Waals surface area contributed by atoms with Crippen molar-refractivity contribution in [2.45, 2.75) is 26.2 Å². The van der Waals surface area contributed by atoms with Crippen molar-refractivity contribution in [1.29, 1.82) is 0 Å². The fourth-order valence-corrected chi connectivity index (χ4v) is 2.55. The third-order valence-corrected chi connectivity index (χ3v) is 4.04. The molecular weight excluding hydrogens is 328 g/mol. The first-order chi connectivity index (χ1) is 12.7. The molecule has 0 spiro atoms. The molecule has 0 amide bonds. The van der Waals surface area contributed by atoms with Gasteiger partial charge >= 0.3 is 5.95 Å². The quantitative estimate of drug-likeness (QED) is 0.598. The Morgan fingerprint density at radius 2 is 2.00 bits per heavy atom. The Hall–Kier alpha value is -3.08. The number of methoxy groups -OCH3 is 1. The molecule has 5 nitrogen and oxygen atoms in total. The number of aliphatic imine (C=N–C) groups is 1. The zero-order valence-corrected chi connectivity index (χ0v) is 15.0. The molecule has 0 bridgehead atoms. The van der Waals surface area contributed by atoms with E-state index in [1.807, 2.05) is 30.3 Å². The van der Waals surface area contributed by atoms with Gasteiger partial charge in [-0.05, 0) is 48.7 Å². The summed E-state index contributed by atoms with van der Waals surface area (Å²) in [5, 5.41) is 9.99. The minimum absolute atomic E-state index is 0.258. The second-order valence-corrected chi connectivity index (χ2v) is 5.97. The topological polar surface area (TPSA) is 67.9 Å². The van der Waals surface area contributed by atoms with Crippen molar-refractivity contribution >= 4 is 11.9 Å². The SMILES string of the molecule is CCCCc1ccc(N=Cc2nc(-c3cccc(OC)c3)oc2O)cc1. The summed E-state index contributed by atoms with van der Waals surface area (Å²) >= 11 is 0. The van der Waals surface area contributed by atoms with Crippen LogP contribution in [0.2, 0.25) is 0 Å². The molecule has 26 heavy (non-hydrogen) atoms. The molecule has 0 aliphatic rings. The zero-order valence-electron chi connectivity index (χ0n) is 15.0. The third kappa shape index (κ3) is 4.30. The maximum Gasteiger partial charge on any atom is 0.312 e. The second kappa shape index (κ2) is 8.34. The average Bonchev–Trinajstić information content (AvgIpc) is 3.06. The monoisotopic (exact) mass is 350 g/mol. The van der Waals surface area contributed by atoms with Gasteiger partial charge in [-0.2, -0.15) is 0 Å². The van der Waals surface area contributed by atoms with Crippen LogP contribution in [-0.2, 0) is 6.42 Å². The lowest BCUT2D eigenvalue weighted by Crippen LogP contribution is -1.85. The second-order valence-electron chi connectivity index (χ2n) is 5.97. The maximum absolute atomic E-state index is 9.99. The predicted molar refractivity (Wildman–Crippen MR) is 102 cm³/mol. The van der Waals surface area contributed by atoms with Gasteiger partial charge in [-0.15, -0.1) is 0 Å². The summed E-state index contributed by atoms with van der Waals surface area (Å²) in [5.74, 6) is 0.752. The van der Waals surface area contributed by atoms with Crippen LogP contribution < -0.4 is 4.74 Å². The Kier molecular flexibility index (Phi) is 5.69. The lowest BCUT2D eigenvalue weighted by Gasteiger charge is -2.00. The number of hydrogen-bond donors (Lipinski definition) is 1. The molecule has 0 aliphatic carbocycles. The van der Waals surface area contributed by atoms with E-state index in [4.69, 9.17) is 9.15 Å². The minimum atomic E-state index is -0.258. The van der Waals surface area contributed by atoms with Crippen LogP contribution in [0.25, 0.3) is 11.5 Å². The number of aromatic hydroxyl groups is 1. The number of oxazole rings is 1. The molecule has 1 heterocycles. The van der Waals surface area contributed by atoms with Gasteiger partial charge in [-0.1, -0.05) is 31.5 Å². The molecule has 3 aromatic rings. The van der Waals surface area contributed by atoms with E-state index in [1.165, 1.54) is 24.6 Å². The maximum atomic E-state index is 9.99. The van der Waals surface area contributed by atoms with E-state index < -0.39 is 0 Å². The molecule has 3 rings (SSSR count). The predicted octanol–water partition coefficient (Wildman–Crippen LogP) is 5.15. The number of rotatable bonds is 7. The number of aryl methyl sites for hydroxylation is 1. The summed E-state index contributed by atoms with van der Waals surface area (Å²) in [7, 11) is 1.60. The van der Waals surface area contributed by atoms with Crippen LogP contribution in [0.15, 0.2) is 57.9 Å². The van der Waals surface area contributed by atoms with E-state index in [-0.39, 0.29) is 11.6 Å². The van der Waals surface area contributed by atoms with Crippen LogP contribution in [0.1, 0.15) is 31.0 Å². The van der Waals surface area contributed by atoms with E-state index in [1.54, 1.807) is 13.2 Å². The molecule has 1 N–H and O–H groups in total. The smallest absolute Gasteiger partial charge is 0.312 e. The normalized spacial score (nSPS) is 11.2. The molecule has 0 radical (unpaired) electrons. The largest absolute Gasteiger partial charge is 0.497 e. The molecule has 5 heteroatoms. The van der Waals surface area contributed by atoms with Crippen LogP contribution in [0.3, 0.4) is 0 Å². The number of unbranched alkanes of at least 4 members (excludes halogenated alkanes) is 1. The van der Waals surface area contributed by atoms with Gasteiger partial charge in [0.05, 0.1) is 19.0 Å². The standard InChI is InChI=1S/C21H22N2O3/c1-3-4-6-15-9-11-17(12-10-15)22-14-19-21(24)26-20(23-19)16-7-5-8-18(13-16)25-2/h5,7-14,24H,3-4,6H2,1-2H3. The molecule has 0 saturated heterocycles. The van der Waals surface area contributed by atoms with Gasteiger partial charge in [-0.3, -0.25) is 4.99 Å². The highest BCUT2D eigenvalue weighted by Gasteiger charge is 2.12. The number of aromatic nitrogens is 1. The van der Waals surface area contributed by atoms with Crippen LogP contribution in [0.5, 0.6) is 11.7 Å². The van der Waals surface area contributed by atoms with Crippen LogP contribution in [-0.4, -0.2) is 23.4 Å². The summed E-state index contributed by atoms with van der Waals surface area (Å²) in [5.41, 5.74) is 3.11. The first-order valence-electron chi connectivity index (χ1n) is 8.67. The summed E-state index contributed by atoms with van der Waals surface area (Å²) < 4.78 is 10.5. The van der Waals surface area contributed by atoms with Gasteiger partial charge in [-0.25, -0.2) is 4.98 Å². The minimum Gasteiger partial charge on any atom is -0.497 e. The highest BCUT2D eigenvalue weighted by atomic mass is 16.5. The van der Waals surface area contributed by atoms with Gasteiger partial charge < -0.3 is 14.3 Å². The molecule has 0 saturated carbocycles. The van der Waals surface area contributed by atoms with Crippen molar-refractivity contribution in [1.82, 2.24) is 4.98 Å². The number of ether oxygens (including phenoxy) is 1. The Balaban J connectivity index is 1.75. The van der Waals surface area contributed by atoms with Crippen LogP contribution in [0, 0.1) is 0 Å². The fraction of sp³-hybridized carbons (Fsp3) is 0.238. The Morgan fingerprint density at radius 1 is 1.19 bits per heavy atom. The first kappa shape index (κ1) is 17.7. The van der Waals surface area contributed by atoms with E-state index in [2.05, 4.69) is 29.0 Å². The van der Waals surface area contributed by atoms with Crippen molar-refractivity contribution in [3.8, 4) is 23.1 Å². The molecule has 134 valence electrons. The van der Waals surface area contributed by atoms with Crippen LogP contribution >= 0.6 is 0 Å². The first-order valence-corrected chi connectivity index (χ1v) is 8.67. The van der Waals surface area contributed by atoms with E-state index in [0.29, 0.717) is 11.6 Å².